The Hall–Kier alpha value is -2.70. The minimum Gasteiger partial charge on any atom is -0.493 e. The van der Waals surface area contributed by atoms with Gasteiger partial charge in [-0.1, -0.05) is 19.8 Å². The highest BCUT2D eigenvalue weighted by Crippen LogP contribution is 2.25. The zero-order valence-corrected chi connectivity index (χ0v) is 18.2. The number of nitrogens with zero attached hydrogens (tertiary/aromatic N) is 3. The summed E-state index contributed by atoms with van der Waals surface area (Å²) in [6.07, 6.45) is 12.8. The summed E-state index contributed by atoms with van der Waals surface area (Å²) in [4.78, 5) is 22.2. The molecule has 0 atom stereocenters. The van der Waals surface area contributed by atoms with E-state index in [-0.39, 0.29) is 5.56 Å². The Kier molecular flexibility index (Phi) is 8.62. The molecule has 1 fully saturated rings. The smallest absolute Gasteiger partial charge is 0.338 e. The van der Waals surface area contributed by atoms with E-state index in [1.165, 1.54) is 37.0 Å². The molecule has 1 aliphatic heterocycles. The zero-order chi connectivity index (χ0) is 22.1. The van der Waals surface area contributed by atoms with Crippen molar-refractivity contribution < 1.29 is 19.0 Å². The van der Waals surface area contributed by atoms with Gasteiger partial charge < -0.3 is 14.7 Å². The van der Waals surface area contributed by atoms with E-state index in [0.717, 1.165) is 57.2 Å². The number of carbonyl (C=O) groups is 1. The Morgan fingerprint density at radius 3 is 2.58 bits per heavy atom. The van der Waals surface area contributed by atoms with E-state index < -0.39 is 11.8 Å². The molecular formula is C24H32FN3O3. The van der Waals surface area contributed by atoms with Crippen LogP contribution in [0, 0.1) is 11.7 Å². The quantitative estimate of drug-likeness (QED) is 0.500. The van der Waals surface area contributed by atoms with E-state index in [4.69, 9.17) is 9.84 Å². The van der Waals surface area contributed by atoms with Crippen molar-refractivity contribution in [1.29, 1.82) is 0 Å². The van der Waals surface area contributed by atoms with Gasteiger partial charge in [-0.2, -0.15) is 0 Å². The Morgan fingerprint density at radius 1 is 1.19 bits per heavy atom. The molecule has 2 aromatic rings. The van der Waals surface area contributed by atoms with Crippen LogP contribution in [0.5, 0.6) is 5.75 Å². The Bertz CT molecular complexity index is 836. The number of aryl methyl sites for hydroxylation is 1. The average molecular weight is 430 g/mol. The van der Waals surface area contributed by atoms with Gasteiger partial charge in [0.25, 0.3) is 0 Å². The number of anilines is 1. The number of rotatable bonds is 11. The third-order valence-corrected chi connectivity index (χ3v) is 5.85. The lowest BCUT2D eigenvalue weighted by Crippen LogP contribution is -2.35. The summed E-state index contributed by atoms with van der Waals surface area (Å²) < 4.78 is 19.3. The van der Waals surface area contributed by atoms with E-state index in [1.54, 1.807) is 0 Å². The van der Waals surface area contributed by atoms with Gasteiger partial charge in [0, 0.05) is 31.5 Å². The second-order valence-corrected chi connectivity index (χ2v) is 8.22. The fourth-order valence-corrected chi connectivity index (χ4v) is 3.96. The molecule has 3 rings (SSSR count). The summed E-state index contributed by atoms with van der Waals surface area (Å²) in [6, 6.07) is 3.87. The molecule has 1 aromatic heterocycles. The molecule has 0 unspecified atom stereocenters. The topological polar surface area (TPSA) is 75.6 Å². The molecule has 0 aliphatic carbocycles. The van der Waals surface area contributed by atoms with E-state index >= 15 is 0 Å². The second-order valence-electron chi connectivity index (χ2n) is 8.22. The van der Waals surface area contributed by atoms with Gasteiger partial charge in [-0.05, 0) is 62.1 Å². The number of hydrogen-bond donors (Lipinski definition) is 1. The van der Waals surface area contributed by atoms with Crippen LogP contribution in [0.4, 0.5) is 10.3 Å². The van der Waals surface area contributed by atoms with Crippen molar-refractivity contribution in [3.8, 4) is 5.75 Å². The average Bonchev–Trinajstić information content (AvgIpc) is 2.78. The predicted molar refractivity (Wildman–Crippen MR) is 118 cm³/mol. The van der Waals surface area contributed by atoms with E-state index in [0.29, 0.717) is 18.3 Å². The molecule has 2 heterocycles. The molecule has 0 amide bonds. The van der Waals surface area contributed by atoms with Crippen LogP contribution in [-0.4, -0.2) is 40.7 Å². The molecule has 1 saturated heterocycles. The van der Waals surface area contributed by atoms with E-state index in [9.17, 15) is 9.18 Å². The molecule has 1 aliphatic rings. The highest BCUT2D eigenvalue weighted by molar-refractivity contribution is 5.88. The maximum atomic E-state index is 13.7. The first-order chi connectivity index (χ1) is 15.1. The number of aromatic nitrogens is 2. The van der Waals surface area contributed by atoms with Crippen LogP contribution < -0.4 is 9.64 Å². The molecule has 31 heavy (non-hydrogen) atoms. The van der Waals surface area contributed by atoms with Crippen molar-refractivity contribution in [2.24, 2.45) is 5.92 Å². The molecule has 0 radical (unpaired) electrons. The van der Waals surface area contributed by atoms with Crippen molar-refractivity contribution in [1.82, 2.24) is 9.97 Å². The van der Waals surface area contributed by atoms with E-state index in [1.807, 2.05) is 12.4 Å². The van der Waals surface area contributed by atoms with Crippen LogP contribution in [0.15, 0.2) is 30.6 Å². The molecule has 7 heteroatoms. The first-order valence-corrected chi connectivity index (χ1v) is 11.3. The van der Waals surface area contributed by atoms with Gasteiger partial charge in [-0.3, -0.25) is 0 Å². The minimum absolute atomic E-state index is 0.339. The molecule has 0 bridgehead atoms. The van der Waals surface area contributed by atoms with Crippen LogP contribution in [0.2, 0.25) is 0 Å². The van der Waals surface area contributed by atoms with Crippen LogP contribution in [0.1, 0.15) is 67.8 Å². The molecule has 1 aromatic carbocycles. The number of ether oxygens (including phenoxy) is 1. The fraction of sp³-hybridized carbons (Fsp3) is 0.542. The predicted octanol–water partition coefficient (Wildman–Crippen LogP) is 5.12. The molecule has 0 saturated carbocycles. The first kappa shape index (κ1) is 23.0. The number of halogens is 1. The number of aromatic carboxylic acids is 1. The third-order valence-electron chi connectivity index (χ3n) is 5.85. The zero-order valence-electron chi connectivity index (χ0n) is 18.2. The number of piperidine rings is 1. The highest BCUT2D eigenvalue weighted by Gasteiger charge is 2.20. The van der Waals surface area contributed by atoms with Gasteiger partial charge in [0.15, 0.2) is 0 Å². The summed E-state index contributed by atoms with van der Waals surface area (Å²) in [7, 11) is 0. The van der Waals surface area contributed by atoms with Crippen molar-refractivity contribution in [2.75, 3.05) is 24.6 Å². The highest BCUT2D eigenvalue weighted by atomic mass is 19.1. The largest absolute Gasteiger partial charge is 0.493 e. The van der Waals surface area contributed by atoms with Crippen molar-refractivity contribution >= 4 is 11.9 Å². The van der Waals surface area contributed by atoms with Gasteiger partial charge in [0.05, 0.1) is 12.2 Å². The summed E-state index contributed by atoms with van der Waals surface area (Å²) in [5.41, 5.74) is 0.874. The van der Waals surface area contributed by atoms with E-state index in [2.05, 4.69) is 21.8 Å². The maximum Gasteiger partial charge on any atom is 0.338 e. The molecule has 1 N–H and O–H groups in total. The lowest BCUT2D eigenvalue weighted by atomic mass is 9.92. The van der Waals surface area contributed by atoms with Crippen LogP contribution in [0.3, 0.4) is 0 Å². The summed E-state index contributed by atoms with van der Waals surface area (Å²) >= 11 is 0. The van der Waals surface area contributed by atoms with Crippen molar-refractivity contribution in [3.63, 3.8) is 0 Å². The van der Waals surface area contributed by atoms with Crippen LogP contribution in [-0.2, 0) is 6.42 Å². The lowest BCUT2D eigenvalue weighted by Gasteiger charge is -2.32. The normalized spacial score (nSPS) is 14.6. The van der Waals surface area contributed by atoms with Crippen LogP contribution >= 0.6 is 0 Å². The Morgan fingerprint density at radius 2 is 1.94 bits per heavy atom. The summed E-state index contributed by atoms with van der Waals surface area (Å²) in [6.45, 7) is 4.62. The molecule has 6 nitrogen and oxygen atoms in total. The van der Waals surface area contributed by atoms with Gasteiger partial charge in [0.1, 0.15) is 11.6 Å². The number of carboxylic acids is 1. The minimum atomic E-state index is -1.27. The summed E-state index contributed by atoms with van der Waals surface area (Å²) in [5.74, 6) is -0.211. The lowest BCUT2D eigenvalue weighted by molar-refractivity contribution is 0.0692. The van der Waals surface area contributed by atoms with Gasteiger partial charge in [-0.15, -0.1) is 0 Å². The molecule has 0 spiro atoms. The maximum absolute atomic E-state index is 13.7. The van der Waals surface area contributed by atoms with Crippen molar-refractivity contribution in [2.45, 2.75) is 58.3 Å². The number of hydrogen-bond acceptors (Lipinski definition) is 5. The molecular weight excluding hydrogens is 397 g/mol. The summed E-state index contributed by atoms with van der Waals surface area (Å²) in [5, 5.41) is 8.87. The van der Waals surface area contributed by atoms with Gasteiger partial charge in [-0.25, -0.2) is 19.2 Å². The monoisotopic (exact) mass is 429 g/mol. The standard InChI is InChI=1S/C24H32FN3O3/c1-2-3-4-6-19-16-26-24(27-17-19)28-12-10-18(11-13-28)7-5-14-31-20-8-9-21(23(29)30)22(25)15-20/h8-9,15-18H,2-7,10-14H2,1H3,(H,29,30). The van der Waals surface area contributed by atoms with Crippen molar-refractivity contribution in [3.05, 3.63) is 47.5 Å². The third kappa shape index (κ3) is 6.91. The van der Waals surface area contributed by atoms with Crippen LogP contribution in [0.25, 0.3) is 0 Å². The number of unbranched alkanes of at least 4 members (excludes halogenated alkanes) is 2. The van der Waals surface area contributed by atoms with Gasteiger partial charge in [0.2, 0.25) is 5.95 Å². The Labute approximate surface area is 183 Å². The second kappa shape index (κ2) is 11.6. The number of carboxylic acid groups (broad SMARTS) is 1. The SMILES string of the molecule is CCCCCc1cnc(N2CCC(CCCOc3ccc(C(=O)O)c(F)c3)CC2)nc1. The molecule has 168 valence electrons. The van der Waals surface area contributed by atoms with Gasteiger partial charge >= 0.3 is 5.97 Å². The first-order valence-electron chi connectivity index (χ1n) is 11.3. The fourth-order valence-electron chi connectivity index (χ4n) is 3.96. The number of benzene rings is 1. The Balaban J connectivity index is 1.35.